The molecule has 2 aliphatic carbocycles. The Bertz CT molecular complexity index is 1870. The van der Waals surface area contributed by atoms with Crippen molar-refractivity contribution in [2.75, 3.05) is 18.2 Å². The van der Waals surface area contributed by atoms with Crippen molar-refractivity contribution in [3.63, 3.8) is 0 Å². The van der Waals surface area contributed by atoms with Crippen molar-refractivity contribution in [2.45, 2.75) is 37.6 Å². The molecule has 2 aromatic carbocycles. The Morgan fingerprint density at radius 1 is 1.07 bits per heavy atom. The number of hydrogen-bond donors (Lipinski definition) is 1. The molecule has 2 aromatic heterocycles. The van der Waals surface area contributed by atoms with Crippen LogP contribution in [0.3, 0.4) is 0 Å². The molecule has 11 heteroatoms. The summed E-state index contributed by atoms with van der Waals surface area (Å²) in [4.78, 5) is 28.5. The molecular weight excluding hydrogens is 555 g/mol. The Hall–Kier alpha value is -4.09. The number of fused-ring (bicyclic) bond motifs is 4. The van der Waals surface area contributed by atoms with E-state index in [2.05, 4.69) is 0 Å². The quantitative estimate of drug-likeness (QED) is 0.346. The van der Waals surface area contributed by atoms with Gasteiger partial charge in [0.2, 0.25) is 5.43 Å². The topological polar surface area (TPSA) is 75.0 Å². The molecule has 1 N–H and O–H groups in total. The van der Waals surface area contributed by atoms with Crippen LogP contribution in [-0.4, -0.2) is 46.0 Å². The van der Waals surface area contributed by atoms with Gasteiger partial charge in [-0.1, -0.05) is 30.3 Å². The minimum absolute atomic E-state index is 0.0878. The standard InChI is InChI=1S/C30H22F3N3O4S/c1-14-11-34-21(12-40-14)36(35-9-8-20(37)27(38)26(35)29(34)39)25-16-4-2-3-5-17(16)28-22-15(13-41-28)10-30(32,33)24-19(31)7-6-18(25)23(22)24/h2-9,13-14,21,25,38H,10-12H2,1H3/t14?,21-,25-/m1/s1. The van der Waals surface area contributed by atoms with E-state index in [0.29, 0.717) is 16.7 Å². The van der Waals surface area contributed by atoms with E-state index >= 15 is 13.2 Å². The van der Waals surface area contributed by atoms with Crippen LogP contribution >= 0.6 is 11.3 Å². The zero-order valence-electron chi connectivity index (χ0n) is 21.6. The first-order valence-corrected chi connectivity index (χ1v) is 14.1. The predicted octanol–water partition coefficient (Wildman–Crippen LogP) is 4.98. The highest BCUT2D eigenvalue weighted by molar-refractivity contribution is 7.14. The number of halogens is 3. The molecule has 0 radical (unpaired) electrons. The van der Waals surface area contributed by atoms with E-state index in [1.807, 2.05) is 31.2 Å². The average molecular weight is 578 g/mol. The van der Waals surface area contributed by atoms with Gasteiger partial charge in [0.05, 0.1) is 24.3 Å². The monoisotopic (exact) mass is 577 g/mol. The molecule has 208 valence electrons. The van der Waals surface area contributed by atoms with Gasteiger partial charge in [-0.15, -0.1) is 11.3 Å². The molecular formula is C30H22F3N3O4S. The number of amides is 1. The molecule has 4 aromatic rings. The molecule has 7 nitrogen and oxygen atoms in total. The Balaban J connectivity index is 1.50. The fourth-order valence-corrected chi connectivity index (χ4v) is 8.01. The summed E-state index contributed by atoms with van der Waals surface area (Å²) in [6, 6.07) is 10.5. The minimum atomic E-state index is -3.43. The van der Waals surface area contributed by atoms with Gasteiger partial charge in [0.1, 0.15) is 12.0 Å². The van der Waals surface area contributed by atoms with Crippen molar-refractivity contribution in [3.8, 4) is 27.3 Å². The summed E-state index contributed by atoms with van der Waals surface area (Å²) in [6.45, 7) is 2.10. The molecule has 0 saturated carbocycles. The fourth-order valence-electron chi connectivity index (χ4n) is 6.88. The third-order valence-electron chi connectivity index (χ3n) is 8.56. The maximum Gasteiger partial charge on any atom is 0.280 e. The smallest absolute Gasteiger partial charge is 0.280 e. The predicted molar refractivity (Wildman–Crippen MR) is 145 cm³/mol. The second-order valence-corrected chi connectivity index (χ2v) is 11.8. The van der Waals surface area contributed by atoms with Gasteiger partial charge in [-0.2, -0.15) is 0 Å². The zero-order chi connectivity index (χ0) is 28.4. The highest BCUT2D eigenvalue weighted by atomic mass is 32.1. The van der Waals surface area contributed by atoms with Gasteiger partial charge in [0.25, 0.3) is 11.8 Å². The molecule has 41 heavy (non-hydrogen) atoms. The number of ether oxygens (including phenoxy) is 1. The number of carbonyl (C=O) groups excluding carboxylic acids is 1. The van der Waals surface area contributed by atoms with Gasteiger partial charge in [0, 0.05) is 41.2 Å². The lowest BCUT2D eigenvalue weighted by Gasteiger charge is -2.52. The lowest BCUT2D eigenvalue weighted by molar-refractivity contribution is -0.0575. The van der Waals surface area contributed by atoms with Crippen molar-refractivity contribution < 1.29 is 27.8 Å². The molecule has 0 spiro atoms. The summed E-state index contributed by atoms with van der Waals surface area (Å²) in [7, 11) is 0. The highest BCUT2D eigenvalue weighted by Crippen LogP contribution is 2.58. The largest absolute Gasteiger partial charge is 0.502 e. The molecule has 4 heterocycles. The average Bonchev–Trinajstić information content (AvgIpc) is 3.30. The molecule has 1 fully saturated rings. The van der Waals surface area contributed by atoms with Gasteiger partial charge in [-0.3, -0.25) is 19.3 Å². The zero-order valence-corrected chi connectivity index (χ0v) is 22.4. The normalized spacial score (nSPS) is 23.3. The van der Waals surface area contributed by atoms with E-state index in [1.165, 1.54) is 28.3 Å². The number of aromatic nitrogens is 1. The Kier molecular flexibility index (Phi) is 4.96. The summed E-state index contributed by atoms with van der Waals surface area (Å²) in [5.41, 5.74) is 1.62. The van der Waals surface area contributed by atoms with E-state index in [9.17, 15) is 14.7 Å². The van der Waals surface area contributed by atoms with Gasteiger partial charge in [-0.05, 0) is 40.6 Å². The van der Waals surface area contributed by atoms with Crippen LogP contribution < -0.4 is 10.4 Å². The molecule has 1 saturated heterocycles. The van der Waals surface area contributed by atoms with E-state index in [4.69, 9.17) is 4.74 Å². The highest BCUT2D eigenvalue weighted by Gasteiger charge is 2.51. The van der Waals surface area contributed by atoms with E-state index < -0.39 is 53.0 Å². The summed E-state index contributed by atoms with van der Waals surface area (Å²) < 4.78 is 54.2. The van der Waals surface area contributed by atoms with Crippen LogP contribution in [0.2, 0.25) is 0 Å². The molecule has 0 bridgehead atoms. The van der Waals surface area contributed by atoms with Crippen LogP contribution in [0.1, 0.15) is 45.7 Å². The van der Waals surface area contributed by atoms with Crippen molar-refractivity contribution in [1.29, 1.82) is 0 Å². The molecule has 1 amide bonds. The maximum absolute atomic E-state index is 15.7. The van der Waals surface area contributed by atoms with E-state index in [1.54, 1.807) is 15.3 Å². The second-order valence-electron chi connectivity index (χ2n) is 10.9. The third-order valence-corrected chi connectivity index (χ3v) is 9.62. The number of benzene rings is 2. The van der Waals surface area contributed by atoms with Crippen LogP contribution in [0.5, 0.6) is 5.75 Å². The minimum Gasteiger partial charge on any atom is -0.502 e. The number of alkyl halides is 2. The lowest BCUT2D eigenvalue weighted by Crippen LogP contribution is -2.67. The molecule has 3 atom stereocenters. The van der Waals surface area contributed by atoms with Gasteiger partial charge in [-0.25, -0.2) is 13.2 Å². The number of carbonyl (C=O) groups is 1. The first-order chi connectivity index (χ1) is 19.7. The third kappa shape index (κ3) is 3.18. The van der Waals surface area contributed by atoms with Crippen LogP contribution in [0.15, 0.2) is 58.8 Å². The Morgan fingerprint density at radius 2 is 1.88 bits per heavy atom. The first kappa shape index (κ1) is 24.7. The van der Waals surface area contributed by atoms with Crippen LogP contribution in [0.4, 0.5) is 13.2 Å². The van der Waals surface area contributed by atoms with Crippen molar-refractivity contribution >= 4 is 17.2 Å². The van der Waals surface area contributed by atoms with Gasteiger partial charge >= 0.3 is 0 Å². The molecule has 2 aliphatic heterocycles. The van der Waals surface area contributed by atoms with Crippen molar-refractivity contribution in [1.82, 2.24) is 9.58 Å². The first-order valence-electron chi connectivity index (χ1n) is 13.2. The van der Waals surface area contributed by atoms with Crippen LogP contribution in [0.25, 0.3) is 21.6 Å². The number of nitrogens with zero attached hydrogens (tertiary/aromatic N) is 3. The van der Waals surface area contributed by atoms with Crippen LogP contribution in [0, 0.1) is 5.82 Å². The van der Waals surface area contributed by atoms with Crippen LogP contribution in [-0.2, 0) is 17.1 Å². The molecule has 4 aliphatic rings. The fraction of sp³-hybridized carbons (Fsp3) is 0.267. The van der Waals surface area contributed by atoms with E-state index in [0.717, 1.165) is 28.1 Å². The van der Waals surface area contributed by atoms with Crippen molar-refractivity contribution in [2.24, 2.45) is 0 Å². The summed E-state index contributed by atoms with van der Waals surface area (Å²) >= 11 is 1.35. The SMILES string of the molecule is CC1CN2C(=O)c3c(O)c(=O)ccn3N([C@@H]3c4ccccc4-c4scc5c4-c4c3ccc(F)c4C(F)(F)C5)[C@@H]2CO1. The van der Waals surface area contributed by atoms with Gasteiger partial charge in [0.15, 0.2) is 11.4 Å². The second kappa shape index (κ2) is 8.23. The number of thiophene rings is 1. The maximum atomic E-state index is 15.7. The number of aromatic hydroxyl groups is 1. The Labute approximate surface area is 235 Å². The number of morpholine rings is 1. The summed E-state index contributed by atoms with van der Waals surface area (Å²) in [5.74, 6) is -5.65. The van der Waals surface area contributed by atoms with E-state index in [-0.39, 0.29) is 30.5 Å². The lowest BCUT2D eigenvalue weighted by atomic mass is 9.80. The number of rotatable bonds is 1. The van der Waals surface area contributed by atoms with Gasteiger partial charge < -0.3 is 14.7 Å². The summed E-state index contributed by atoms with van der Waals surface area (Å²) in [5, 5.41) is 14.4. The number of hydrogen-bond acceptors (Lipinski definition) is 6. The number of pyridine rings is 1. The Morgan fingerprint density at radius 3 is 2.71 bits per heavy atom. The summed E-state index contributed by atoms with van der Waals surface area (Å²) in [6.07, 6.45) is -0.220. The van der Waals surface area contributed by atoms with Crippen molar-refractivity contribution in [3.05, 3.63) is 98.0 Å². The molecule has 8 rings (SSSR count). The molecule has 1 unspecified atom stereocenters.